The lowest BCUT2D eigenvalue weighted by Gasteiger charge is -2.25. The van der Waals surface area contributed by atoms with Gasteiger partial charge in [0, 0.05) is 31.9 Å². The molecule has 2 amide bonds. The quantitative estimate of drug-likeness (QED) is 0.815. The van der Waals surface area contributed by atoms with Gasteiger partial charge in [0.1, 0.15) is 0 Å². The van der Waals surface area contributed by atoms with Crippen molar-refractivity contribution in [2.24, 2.45) is 5.14 Å². The predicted molar refractivity (Wildman–Crippen MR) is 95.3 cm³/mol. The highest BCUT2D eigenvalue weighted by atomic mass is 32.2. The van der Waals surface area contributed by atoms with Crippen molar-refractivity contribution < 1.29 is 13.2 Å². The summed E-state index contributed by atoms with van der Waals surface area (Å²) < 4.78 is 22.6. The number of carbonyl (C=O) groups excluding carboxylic acids is 1. The molecule has 0 spiro atoms. The molecule has 1 unspecified atom stereocenters. The number of nitrogens with zero attached hydrogens (tertiary/aromatic N) is 2. The number of pyridine rings is 1. The van der Waals surface area contributed by atoms with Gasteiger partial charge in [0.25, 0.3) is 0 Å². The van der Waals surface area contributed by atoms with E-state index < -0.39 is 10.0 Å². The number of nitrogens with two attached hydrogens (primary N) is 1. The summed E-state index contributed by atoms with van der Waals surface area (Å²) in [6.45, 7) is 2.35. The van der Waals surface area contributed by atoms with Crippen LogP contribution in [-0.2, 0) is 16.4 Å². The number of primary sulfonamides is 1. The minimum atomic E-state index is -3.72. The monoisotopic (exact) mass is 362 g/mol. The van der Waals surface area contributed by atoms with E-state index in [9.17, 15) is 13.2 Å². The highest BCUT2D eigenvalue weighted by Crippen LogP contribution is 2.20. The van der Waals surface area contributed by atoms with Crippen molar-refractivity contribution >= 4 is 16.1 Å². The third-order valence-corrected chi connectivity index (χ3v) is 4.91. The standard InChI is InChI=1S/C17H22N4O3S/c1-13(14-6-8-16(9-7-14)25(18,23)24)21(2)17(22)20-12-10-15-5-3-4-11-19-15/h3-9,11,13H,10,12H2,1-2H3,(H,20,22)(H2,18,23,24). The second-order valence-electron chi connectivity index (χ2n) is 5.70. The summed E-state index contributed by atoms with van der Waals surface area (Å²) in [7, 11) is -2.03. The van der Waals surface area contributed by atoms with E-state index in [4.69, 9.17) is 5.14 Å². The molecule has 8 heteroatoms. The number of hydrogen-bond acceptors (Lipinski definition) is 4. The van der Waals surface area contributed by atoms with Crippen molar-refractivity contribution in [1.29, 1.82) is 0 Å². The van der Waals surface area contributed by atoms with Crippen molar-refractivity contribution in [2.75, 3.05) is 13.6 Å². The van der Waals surface area contributed by atoms with Gasteiger partial charge in [-0.25, -0.2) is 18.4 Å². The smallest absolute Gasteiger partial charge is 0.317 e. The average molecular weight is 362 g/mol. The molecule has 1 aromatic heterocycles. The molecule has 0 saturated heterocycles. The van der Waals surface area contributed by atoms with Gasteiger partial charge in [-0.1, -0.05) is 18.2 Å². The number of amides is 2. The highest BCUT2D eigenvalue weighted by molar-refractivity contribution is 7.89. The fraction of sp³-hybridized carbons (Fsp3) is 0.294. The summed E-state index contributed by atoms with van der Waals surface area (Å²) >= 11 is 0. The molecule has 25 heavy (non-hydrogen) atoms. The fourth-order valence-corrected chi connectivity index (χ4v) is 2.82. The van der Waals surface area contributed by atoms with Crippen LogP contribution in [0.1, 0.15) is 24.2 Å². The van der Waals surface area contributed by atoms with Gasteiger partial charge in [-0.05, 0) is 36.8 Å². The first-order chi connectivity index (χ1) is 11.8. The van der Waals surface area contributed by atoms with Crippen molar-refractivity contribution in [3.8, 4) is 0 Å². The van der Waals surface area contributed by atoms with E-state index in [0.717, 1.165) is 11.3 Å². The Morgan fingerprint density at radius 1 is 1.24 bits per heavy atom. The van der Waals surface area contributed by atoms with Crippen LogP contribution in [0, 0.1) is 0 Å². The lowest BCUT2D eigenvalue weighted by molar-refractivity contribution is 0.194. The zero-order valence-corrected chi connectivity index (χ0v) is 15.0. The van der Waals surface area contributed by atoms with Crippen LogP contribution in [0.2, 0.25) is 0 Å². The molecule has 0 fully saturated rings. The molecule has 0 aliphatic heterocycles. The molecule has 0 saturated carbocycles. The lowest BCUT2D eigenvalue weighted by atomic mass is 10.1. The largest absolute Gasteiger partial charge is 0.338 e. The molecule has 0 bridgehead atoms. The van der Waals surface area contributed by atoms with Gasteiger partial charge < -0.3 is 10.2 Å². The number of rotatable bonds is 6. The molecule has 1 aromatic carbocycles. The third-order valence-electron chi connectivity index (χ3n) is 3.98. The number of urea groups is 1. The third kappa shape index (κ3) is 5.27. The van der Waals surface area contributed by atoms with Crippen LogP contribution in [0.25, 0.3) is 0 Å². The molecule has 1 atom stereocenters. The lowest BCUT2D eigenvalue weighted by Crippen LogP contribution is -2.39. The van der Waals surface area contributed by atoms with Gasteiger partial charge in [0.05, 0.1) is 10.9 Å². The molecule has 0 aliphatic carbocycles. The van der Waals surface area contributed by atoms with Gasteiger partial charge in [-0.2, -0.15) is 0 Å². The maximum absolute atomic E-state index is 12.3. The Labute approximate surface area is 147 Å². The predicted octanol–water partition coefficient (Wildman–Crippen LogP) is 1.67. The van der Waals surface area contributed by atoms with Crippen LogP contribution in [0.5, 0.6) is 0 Å². The number of hydrogen-bond donors (Lipinski definition) is 2. The van der Waals surface area contributed by atoms with E-state index >= 15 is 0 Å². The molecule has 0 aliphatic rings. The molecular weight excluding hydrogens is 340 g/mol. The second-order valence-corrected chi connectivity index (χ2v) is 7.27. The number of benzene rings is 1. The van der Waals surface area contributed by atoms with Crippen molar-refractivity contribution in [1.82, 2.24) is 15.2 Å². The van der Waals surface area contributed by atoms with Gasteiger partial charge in [0.2, 0.25) is 10.0 Å². The van der Waals surface area contributed by atoms with Gasteiger partial charge >= 0.3 is 6.03 Å². The Morgan fingerprint density at radius 2 is 1.92 bits per heavy atom. The van der Waals surface area contributed by atoms with E-state index in [-0.39, 0.29) is 17.0 Å². The van der Waals surface area contributed by atoms with E-state index in [2.05, 4.69) is 10.3 Å². The summed E-state index contributed by atoms with van der Waals surface area (Å²) in [5.74, 6) is 0. The van der Waals surface area contributed by atoms with E-state index in [1.54, 1.807) is 30.3 Å². The number of carbonyl (C=O) groups is 1. The molecule has 2 aromatic rings. The Bertz CT molecular complexity index is 808. The van der Waals surface area contributed by atoms with Crippen LogP contribution >= 0.6 is 0 Å². The van der Waals surface area contributed by atoms with Crippen molar-refractivity contribution in [3.05, 3.63) is 59.9 Å². The van der Waals surface area contributed by atoms with Crippen molar-refractivity contribution in [2.45, 2.75) is 24.3 Å². The second kappa shape index (κ2) is 8.09. The average Bonchev–Trinajstić information content (AvgIpc) is 2.60. The molecule has 0 radical (unpaired) electrons. The Balaban J connectivity index is 1.92. The first kappa shape index (κ1) is 18.9. The fourth-order valence-electron chi connectivity index (χ4n) is 2.30. The summed E-state index contributed by atoms with van der Waals surface area (Å²) in [6, 6.07) is 11.4. The normalized spacial score (nSPS) is 12.4. The summed E-state index contributed by atoms with van der Waals surface area (Å²) in [5, 5.41) is 7.93. The Morgan fingerprint density at radius 3 is 2.48 bits per heavy atom. The Hall–Kier alpha value is -2.45. The number of aromatic nitrogens is 1. The Kier molecular flexibility index (Phi) is 6.11. The van der Waals surface area contributed by atoms with Gasteiger partial charge in [-0.3, -0.25) is 4.98 Å². The van der Waals surface area contributed by atoms with Crippen LogP contribution < -0.4 is 10.5 Å². The molecular formula is C17H22N4O3S. The molecule has 134 valence electrons. The highest BCUT2D eigenvalue weighted by Gasteiger charge is 2.18. The number of nitrogens with one attached hydrogen (secondary N) is 1. The van der Waals surface area contributed by atoms with Crippen molar-refractivity contribution in [3.63, 3.8) is 0 Å². The summed E-state index contributed by atoms with van der Waals surface area (Å²) in [4.78, 5) is 18.1. The van der Waals surface area contributed by atoms with E-state index in [1.165, 1.54) is 12.1 Å². The maximum Gasteiger partial charge on any atom is 0.317 e. The van der Waals surface area contributed by atoms with Crippen LogP contribution in [0.3, 0.4) is 0 Å². The summed E-state index contributed by atoms with van der Waals surface area (Å²) in [6.07, 6.45) is 2.37. The molecule has 7 nitrogen and oxygen atoms in total. The summed E-state index contributed by atoms with van der Waals surface area (Å²) in [5.41, 5.74) is 1.73. The molecule has 3 N–H and O–H groups in total. The molecule has 1 heterocycles. The number of sulfonamides is 1. The minimum Gasteiger partial charge on any atom is -0.338 e. The van der Waals surface area contributed by atoms with E-state index in [0.29, 0.717) is 13.0 Å². The molecule has 2 rings (SSSR count). The van der Waals surface area contributed by atoms with Crippen LogP contribution in [-0.4, -0.2) is 37.9 Å². The SMILES string of the molecule is CC(c1ccc(S(N)(=O)=O)cc1)N(C)C(=O)NCCc1ccccn1. The first-order valence-electron chi connectivity index (χ1n) is 7.82. The topological polar surface area (TPSA) is 105 Å². The van der Waals surface area contributed by atoms with E-state index in [1.807, 2.05) is 25.1 Å². The van der Waals surface area contributed by atoms with Gasteiger partial charge in [0.15, 0.2) is 0 Å². The zero-order chi connectivity index (χ0) is 18.4. The van der Waals surface area contributed by atoms with Crippen LogP contribution in [0.4, 0.5) is 4.79 Å². The van der Waals surface area contributed by atoms with Crippen LogP contribution in [0.15, 0.2) is 53.6 Å². The van der Waals surface area contributed by atoms with Gasteiger partial charge in [-0.15, -0.1) is 0 Å². The first-order valence-corrected chi connectivity index (χ1v) is 9.37. The maximum atomic E-state index is 12.3. The zero-order valence-electron chi connectivity index (χ0n) is 14.2. The minimum absolute atomic E-state index is 0.0471.